The van der Waals surface area contributed by atoms with Gasteiger partial charge >= 0.3 is 0 Å². The molecular formula is C22H29FN2O2. The van der Waals surface area contributed by atoms with Gasteiger partial charge in [-0.3, -0.25) is 9.59 Å². The number of nitrogens with zero attached hydrogens (tertiary/aromatic N) is 2. The van der Waals surface area contributed by atoms with Crippen LogP contribution >= 0.6 is 0 Å². The standard InChI is InChI=1S/C22H29FN2O2/c1-16-14-17(6-7-19(16)23)21(27)24-12-10-22(11-13-24)9-8-20(26)25(15-22)18-4-2-3-5-18/h6-7,14,18H,2-5,8-13,15H2,1H3. The molecule has 5 heteroatoms. The maximum atomic E-state index is 13.5. The molecule has 4 nitrogen and oxygen atoms in total. The maximum Gasteiger partial charge on any atom is 0.253 e. The van der Waals surface area contributed by atoms with Crippen LogP contribution in [-0.4, -0.2) is 47.3 Å². The zero-order chi connectivity index (χ0) is 19.0. The smallest absolute Gasteiger partial charge is 0.253 e. The second-order valence-corrected chi connectivity index (χ2v) is 8.72. The first-order valence-electron chi connectivity index (χ1n) is 10.3. The van der Waals surface area contributed by atoms with E-state index in [0.717, 1.165) is 51.7 Å². The number of aryl methyl sites for hydroxylation is 1. The van der Waals surface area contributed by atoms with E-state index < -0.39 is 0 Å². The molecule has 0 atom stereocenters. The number of rotatable bonds is 2. The molecule has 0 bridgehead atoms. The normalized spacial score (nSPS) is 23.3. The molecule has 2 saturated heterocycles. The number of hydrogen-bond acceptors (Lipinski definition) is 2. The Kier molecular flexibility index (Phi) is 4.95. The van der Waals surface area contributed by atoms with Crippen LogP contribution in [0.3, 0.4) is 0 Å². The average molecular weight is 372 g/mol. The first-order valence-corrected chi connectivity index (χ1v) is 10.3. The van der Waals surface area contributed by atoms with Crippen molar-refractivity contribution >= 4 is 11.8 Å². The number of halogens is 1. The van der Waals surface area contributed by atoms with Crippen LogP contribution in [0.4, 0.5) is 4.39 Å². The number of piperidine rings is 2. The summed E-state index contributed by atoms with van der Waals surface area (Å²) in [5.41, 5.74) is 1.25. The third kappa shape index (κ3) is 3.61. The largest absolute Gasteiger partial charge is 0.339 e. The molecule has 0 N–H and O–H groups in total. The fourth-order valence-electron chi connectivity index (χ4n) is 5.15. The van der Waals surface area contributed by atoms with E-state index >= 15 is 0 Å². The Morgan fingerprint density at radius 3 is 2.52 bits per heavy atom. The number of carbonyl (C=O) groups excluding carboxylic acids is 2. The zero-order valence-corrected chi connectivity index (χ0v) is 16.2. The molecule has 1 aromatic carbocycles. The number of benzene rings is 1. The molecule has 1 aromatic rings. The third-order valence-electron chi connectivity index (χ3n) is 6.98. The highest BCUT2D eigenvalue weighted by atomic mass is 19.1. The molecule has 3 fully saturated rings. The van der Waals surface area contributed by atoms with Gasteiger partial charge in [0.2, 0.25) is 5.91 Å². The topological polar surface area (TPSA) is 40.6 Å². The molecule has 4 rings (SSSR count). The molecular weight excluding hydrogens is 343 g/mol. The van der Waals surface area contributed by atoms with Gasteiger partial charge < -0.3 is 9.80 Å². The minimum absolute atomic E-state index is 0.00696. The van der Waals surface area contributed by atoms with Crippen molar-refractivity contribution in [3.05, 3.63) is 35.1 Å². The molecule has 0 aromatic heterocycles. The Labute approximate surface area is 160 Å². The van der Waals surface area contributed by atoms with E-state index in [0.29, 0.717) is 29.5 Å². The van der Waals surface area contributed by atoms with E-state index in [9.17, 15) is 14.0 Å². The molecule has 2 aliphatic heterocycles. The van der Waals surface area contributed by atoms with E-state index in [1.165, 1.54) is 18.9 Å². The summed E-state index contributed by atoms with van der Waals surface area (Å²) in [6.45, 7) is 4.01. The van der Waals surface area contributed by atoms with Gasteiger partial charge in [-0.15, -0.1) is 0 Å². The molecule has 27 heavy (non-hydrogen) atoms. The number of carbonyl (C=O) groups is 2. The van der Waals surface area contributed by atoms with Crippen LogP contribution in [0.25, 0.3) is 0 Å². The van der Waals surface area contributed by atoms with Crippen molar-refractivity contribution in [1.29, 1.82) is 0 Å². The van der Waals surface area contributed by atoms with Gasteiger partial charge in [0.05, 0.1) is 0 Å². The van der Waals surface area contributed by atoms with Crippen LogP contribution in [0, 0.1) is 18.2 Å². The molecule has 1 spiro atoms. The van der Waals surface area contributed by atoms with E-state index in [-0.39, 0.29) is 17.1 Å². The Balaban J connectivity index is 1.41. The van der Waals surface area contributed by atoms with Gasteiger partial charge in [-0.2, -0.15) is 0 Å². The fraction of sp³-hybridized carbons (Fsp3) is 0.636. The van der Waals surface area contributed by atoms with Crippen molar-refractivity contribution in [3.8, 4) is 0 Å². The zero-order valence-electron chi connectivity index (χ0n) is 16.2. The summed E-state index contributed by atoms with van der Waals surface area (Å²) in [5.74, 6) is 0.0447. The van der Waals surface area contributed by atoms with Gasteiger partial charge in [0.1, 0.15) is 5.82 Å². The maximum absolute atomic E-state index is 13.5. The monoisotopic (exact) mass is 372 g/mol. The lowest BCUT2D eigenvalue weighted by molar-refractivity contribution is -0.142. The predicted octanol–water partition coefficient (Wildman–Crippen LogP) is 3.92. The van der Waals surface area contributed by atoms with E-state index in [4.69, 9.17) is 0 Å². The second kappa shape index (κ2) is 7.25. The molecule has 2 heterocycles. The summed E-state index contributed by atoms with van der Waals surface area (Å²) in [6.07, 6.45) is 8.29. The van der Waals surface area contributed by atoms with Gasteiger partial charge in [-0.25, -0.2) is 4.39 Å². The van der Waals surface area contributed by atoms with Gasteiger partial charge in [0.15, 0.2) is 0 Å². The van der Waals surface area contributed by atoms with Crippen molar-refractivity contribution in [2.24, 2.45) is 5.41 Å². The highest BCUT2D eigenvalue weighted by Gasteiger charge is 2.43. The SMILES string of the molecule is Cc1cc(C(=O)N2CCC3(CCC(=O)N(C4CCCC4)C3)CC2)ccc1F. The summed E-state index contributed by atoms with van der Waals surface area (Å²) in [7, 11) is 0. The van der Waals surface area contributed by atoms with Crippen LogP contribution in [0.1, 0.15) is 67.3 Å². The average Bonchev–Trinajstić information content (AvgIpc) is 3.21. The van der Waals surface area contributed by atoms with Crippen molar-refractivity contribution in [2.75, 3.05) is 19.6 Å². The lowest BCUT2D eigenvalue weighted by Crippen LogP contribution is -2.54. The quantitative estimate of drug-likeness (QED) is 0.789. The van der Waals surface area contributed by atoms with E-state index in [1.54, 1.807) is 19.1 Å². The van der Waals surface area contributed by atoms with Gasteiger partial charge in [-0.1, -0.05) is 12.8 Å². The Hall–Kier alpha value is -1.91. The van der Waals surface area contributed by atoms with Crippen LogP contribution in [0.15, 0.2) is 18.2 Å². The van der Waals surface area contributed by atoms with Crippen molar-refractivity contribution in [3.63, 3.8) is 0 Å². The first-order chi connectivity index (χ1) is 13.0. The summed E-state index contributed by atoms with van der Waals surface area (Å²) in [6, 6.07) is 5.04. The summed E-state index contributed by atoms with van der Waals surface area (Å²) < 4.78 is 13.5. The number of amides is 2. The van der Waals surface area contributed by atoms with Crippen molar-refractivity contribution < 1.29 is 14.0 Å². The van der Waals surface area contributed by atoms with Crippen molar-refractivity contribution in [1.82, 2.24) is 9.80 Å². The van der Waals surface area contributed by atoms with Gasteiger partial charge in [0.25, 0.3) is 5.91 Å². The van der Waals surface area contributed by atoms with Crippen LogP contribution in [0.2, 0.25) is 0 Å². The molecule has 1 saturated carbocycles. The molecule has 1 aliphatic carbocycles. The molecule has 146 valence electrons. The Morgan fingerprint density at radius 1 is 1.15 bits per heavy atom. The lowest BCUT2D eigenvalue weighted by Gasteiger charge is -2.49. The summed E-state index contributed by atoms with van der Waals surface area (Å²) in [4.78, 5) is 29.3. The second-order valence-electron chi connectivity index (χ2n) is 8.72. The Morgan fingerprint density at radius 2 is 1.85 bits per heavy atom. The minimum Gasteiger partial charge on any atom is -0.339 e. The van der Waals surface area contributed by atoms with Crippen LogP contribution in [-0.2, 0) is 4.79 Å². The molecule has 3 aliphatic rings. The van der Waals surface area contributed by atoms with Gasteiger partial charge in [-0.05, 0) is 68.2 Å². The highest BCUT2D eigenvalue weighted by molar-refractivity contribution is 5.94. The highest BCUT2D eigenvalue weighted by Crippen LogP contribution is 2.42. The fourth-order valence-corrected chi connectivity index (χ4v) is 5.15. The molecule has 0 radical (unpaired) electrons. The van der Waals surface area contributed by atoms with Crippen LogP contribution in [0.5, 0.6) is 0 Å². The summed E-state index contributed by atoms with van der Waals surface area (Å²) in [5, 5.41) is 0. The van der Waals surface area contributed by atoms with E-state index in [1.807, 2.05) is 4.90 Å². The van der Waals surface area contributed by atoms with Crippen molar-refractivity contribution in [2.45, 2.75) is 64.3 Å². The summed E-state index contributed by atoms with van der Waals surface area (Å²) >= 11 is 0. The Bertz CT molecular complexity index is 734. The number of hydrogen-bond donors (Lipinski definition) is 0. The van der Waals surface area contributed by atoms with Crippen LogP contribution < -0.4 is 0 Å². The van der Waals surface area contributed by atoms with E-state index in [2.05, 4.69) is 4.90 Å². The number of likely N-dealkylation sites (tertiary alicyclic amines) is 2. The lowest BCUT2D eigenvalue weighted by atomic mass is 9.72. The predicted molar refractivity (Wildman–Crippen MR) is 102 cm³/mol. The minimum atomic E-state index is -0.275. The molecule has 2 amide bonds. The molecule has 0 unspecified atom stereocenters. The third-order valence-corrected chi connectivity index (χ3v) is 6.98. The van der Waals surface area contributed by atoms with Gasteiger partial charge in [0, 0.05) is 37.7 Å². The first kappa shape index (κ1) is 18.5.